The molecule has 0 unspecified atom stereocenters. The van der Waals surface area contributed by atoms with Gasteiger partial charge >= 0.3 is 0 Å². The van der Waals surface area contributed by atoms with Crippen molar-refractivity contribution >= 4 is 17.7 Å². The predicted octanol–water partition coefficient (Wildman–Crippen LogP) is 6.50. The first-order valence-corrected chi connectivity index (χ1v) is 11.0. The molecule has 1 amide bonds. The summed E-state index contributed by atoms with van der Waals surface area (Å²) in [5, 5.41) is 3.20. The van der Waals surface area contributed by atoms with Crippen LogP contribution in [0.2, 0.25) is 0 Å². The molecule has 30 heavy (non-hydrogen) atoms. The Morgan fingerprint density at radius 1 is 0.667 bits per heavy atom. The highest BCUT2D eigenvalue weighted by atomic mass is 32.2. The largest absolute Gasteiger partial charge is 0.341 e. The van der Waals surface area contributed by atoms with Gasteiger partial charge in [0.1, 0.15) is 0 Å². The summed E-state index contributed by atoms with van der Waals surface area (Å²) < 4.78 is 0. The molecule has 3 heteroatoms. The molecule has 0 spiro atoms. The summed E-state index contributed by atoms with van der Waals surface area (Å²) in [7, 11) is 0. The zero-order chi connectivity index (χ0) is 20.6. The maximum atomic E-state index is 13.0. The maximum Gasteiger partial charge on any atom is 0.252 e. The van der Waals surface area contributed by atoms with E-state index < -0.39 is 0 Å². The summed E-state index contributed by atoms with van der Waals surface area (Å²) in [6, 6.07) is 38.2. The Bertz CT molecular complexity index is 1020. The number of carbonyl (C=O) groups is 1. The molecule has 4 aromatic carbocycles. The van der Waals surface area contributed by atoms with Gasteiger partial charge in [-0.1, -0.05) is 91.0 Å². The predicted molar refractivity (Wildman–Crippen MR) is 125 cm³/mol. The molecule has 4 rings (SSSR count). The van der Waals surface area contributed by atoms with Crippen LogP contribution in [0, 0.1) is 0 Å². The van der Waals surface area contributed by atoms with Crippen LogP contribution in [0.4, 0.5) is 0 Å². The minimum atomic E-state index is -0.187. The molecule has 0 fully saturated rings. The van der Waals surface area contributed by atoms with Gasteiger partial charge in [-0.25, -0.2) is 0 Å². The van der Waals surface area contributed by atoms with Crippen LogP contribution >= 0.6 is 11.8 Å². The Morgan fingerprint density at radius 3 is 1.70 bits per heavy atom. The third kappa shape index (κ3) is 5.19. The van der Waals surface area contributed by atoms with E-state index in [4.69, 9.17) is 0 Å². The number of thioether (sulfide) groups is 1. The van der Waals surface area contributed by atoms with Gasteiger partial charge in [-0.15, -0.1) is 11.8 Å². The molecule has 0 atom stereocenters. The summed E-state index contributed by atoms with van der Waals surface area (Å²) >= 11 is 1.79. The highest BCUT2D eigenvalue weighted by Gasteiger charge is 2.17. The molecular formula is C27H23NOS. The van der Waals surface area contributed by atoms with Crippen molar-refractivity contribution in [2.24, 2.45) is 0 Å². The van der Waals surface area contributed by atoms with Crippen LogP contribution < -0.4 is 5.32 Å². The van der Waals surface area contributed by atoms with Crippen molar-refractivity contribution < 1.29 is 4.79 Å². The lowest BCUT2D eigenvalue weighted by molar-refractivity contribution is 0.0943. The van der Waals surface area contributed by atoms with Crippen LogP contribution in [0.25, 0.3) is 0 Å². The van der Waals surface area contributed by atoms with E-state index in [2.05, 4.69) is 17.4 Å². The molecular weight excluding hydrogens is 386 g/mol. The quantitative estimate of drug-likeness (QED) is 0.353. The smallest absolute Gasteiger partial charge is 0.252 e. The number of hydrogen-bond acceptors (Lipinski definition) is 2. The fourth-order valence-corrected chi connectivity index (χ4v) is 4.18. The molecule has 0 heterocycles. The van der Waals surface area contributed by atoms with Gasteiger partial charge in [-0.2, -0.15) is 0 Å². The number of rotatable bonds is 7. The van der Waals surface area contributed by atoms with Gasteiger partial charge in [0, 0.05) is 16.2 Å². The summed E-state index contributed by atoms with van der Waals surface area (Å²) in [5.41, 5.74) is 3.99. The van der Waals surface area contributed by atoms with Gasteiger partial charge < -0.3 is 5.32 Å². The molecule has 0 bridgehead atoms. The lowest BCUT2D eigenvalue weighted by Crippen LogP contribution is -2.29. The van der Waals surface area contributed by atoms with Crippen molar-refractivity contribution in [3.8, 4) is 0 Å². The monoisotopic (exact) mass is 409 g/mol. The normalized spacial score (nSPS) is 10.7. The second-order valence-corrected chi connectivity index (χ2v) is 8.08. The summed E-state index contributed by atoms with van der Waals surface area (Å²) in [6.45, 7) is 0. The van der Waals surface area contributed by atoms with Crippen molar-refractivity contribution in [2.75, 3.05) is 0 Å². The molecule has 4 aromatic rings. The zero-order valence-electron chi connectivity index (χ0n) is 16.6. The van der Waals surface area contributed by atoms with Gasteiger partial charge in [0.2, 0.25) is 0 Å². The SMILES string of the molecule is O=C(NC(c1ccccc1)c1ccccc1)c1ccc(CSc2ccccc2)cc1. The van der Waals surface area contributed by atoms with E-state index >= 15 is 0 Å². The third-order valence-corrected chi connectivity index (χ3v) is 5.99. The average Bonchev–Trinajstić information content (AvgIpc) is 2.83. The lowest BCUT2D eigenvalue weighted by Gasteiger charge is -2.20. The molecule has 0 aliphatic carbocycles. The van der Waals surface area contributed by atoms with Gasteiger partial charge in [0.05, 0.1) is 6.04 Å². The van der Waals surface area contributed by atoms with E-state index in [1.807, 2.05) is 103 Å². The van der Waals surface area contributed by atoms with Crippen molar-refractivity contribution in [1.29, 1.82) is 0 Å². The molecule has 0 saturated carbocycles. The van der Waals surface area contributed by atoms with Gasteiger partial charge in [-0.3, -0.25) is 4.79 Å². The van der Waals surface area contributed by atoms with E-state index in [0.717, 1.165) is 16.9 Å². The van der Waals surface area contributed by atoms with Crippen LogP contribution in [0.3, 0.4) is 0 Å². The Labute approximate surface area is 182 Å². The Kier molecular flexibility index (Phi) is 6.63. The van der Waals surface area contributed by atoms with Crippen LogP contribution in [-0.4, -0.2) is 5.91 Å². The van der Waals surface area contributed by atoms with E-state index in [1.54, 1.807) is 11.8 Å². The summed E-state index contributed by atoms with van der Waals surface area (Å²) in [4.78, 5) is 14.2. The molecule has 0 aromatic heterocycles. The number of amides is 1. The molecule has 0 saturated heterocycles. The molecule has 0 radical (unpaired) electrons. The van der Waals surface area contributed by atoms with E-state index in [9.17, 15) is 4.79 Å². The number of benzene rings is 4. The first-order chi connectivity index (χ1) is 14.8. The van der Waals surface area contributed by atoms with E-state index in [0.29, 0.717) is 5.56 Å². The standard InChI is InChI=1S/C27H23NOS/c29-27(24-18-16-21(17-19-24)20-30-25-14-8-3-9-15-25)28-26(22-10-4-1-5-11-22)23-12-6-2-7-13-23/h1-19,26H,20H2,(H,28,29). The van der Waals surface area contributed by atoms with Crippen LogP contribution in [0.15, 0.2) is 120 Å². The zero-order valence-corrected chi connectivity index (χ0v) is 17.4. The number of carbonyl (C=O) groups excluding carboxylic acids is 1. The van der Waals surface area contributed by atoms with Crippen molar-refractivity contribution in [1.82, 2.24) is 5.32 Å². The molecule has 2 nitrogen and oxygen atoms in total. The maximum absolute atomic E-state index is 13.0. The topological polar surface area (TPSA) is 29.1 Å². The first kappa shape index (κ1) is 20.0. The third-order valence-electron chi connectivity index (χ3n) is 4.91. The van der Waals surface area contributed by atoms with Gasteiger partial charge in [0.25, 0.3) is 5.91 Å². The fourth-order valence-electron chi connectivity index (χ4n) is 3.30. The second-order valence-electron chi connectivity index (χ2n) is 7.03. The van der Waals surface area contributed by atoms with Crippen molar-refractivity contribution in [3.05, 3.63) is 138 Å². The summed E-state index contributed by atoms with van der Waals surface area (Å²) in [5.74, 6) is 0.803. The Balaban J connectivity index is 1.46. The minimum absolute atomic E-state index is 0.0741. The van der Waals surface area contributed by atoms with E-state index in [-0.39, 0.29) is 11.9 Å². The van der Waals surface area contributed by atoms with Gasteiger partial charge in [0.15, 0.2) is 0 Å². The first-order valence-electron chi connectivity index (χ1n) is 9.97. The highest BCUT2D eigenvalue weighted by Crippen LogP contribution is 2.24. The van der Waals surface area contributed by atoms with Gasteiger partial charge in [-0.05, 0) is 41.0 Å². The molecule has 148 valence electrons. The molecule has 1 N–H and O–H groups in total. The van der Waals surface area contributed by atoms with Crippen LogP contribution in [0.5, 0.6) is 0 Å². The number of hydrogen-bond donors (Lipinski definition) is 1. The molecule has 0 aliphatic heterocycles. The van der Waals surface area contributed by atoms with Crippen LogP contribution in [-0.2, 0) is 5.75 Å². The highest BCUT2D eigenvalue weighted by molar-refractivity contribution is 7.98. The van der Waals surface area contributed by atoms with Crippen molar-refractivity contribution in [2.45, 2.75) is 16.7 Å². The minimum Gasteiger partial charge on any atom is -0.341 e. The summed E-state index contributed by atoms with van der Waals surface area (Å²) in [6.07, 6.45) is 0. The fraction of sp³-hybridized carbons (Fsp3) is 0.0741. The number of nitrogens with one attached hydrogen (secondary N) is 1. The average molecular weight is 410 g/mol. The Hall–Kier alpha value is -3.30. The van der Waals surface area contributed by atoms with Crippen LogP contribution in [0.1, 0.15) is 33.1 Å². The van der Waals surface area contributed by atoms with Crippen molar-refractivity contribution in [3.63, 3.8) is 0 Å². The second kappa shape index (κ2) is 9.95. The Morgan fingerprint density at radius 2 is 1.17 bits per heavy atom. The molecule has 0 aliphatic rings. The lowest BCUT2D eigenvalue weighted by atomic mass is 9.98. The van der Waals surface area contributed by atoms with E-state index in [1.165, 1.54) is 10.5 Å².